The van der Waals surface area contributed by atoms with Gasteiger partial charge in [-0.25, -0.2) is 9.59 Å². The predicted molar refractivity (Wildman–Crippen MR) is 46.9 cm³/mol. The number of nitrogens with two attached hydrogens (primary N) is 1. The topological polar surface area (TPSA) is 127 Å². The number of imide groups is 1. The molecule has 0 unspecified atom stereocenters. The van der Waals surface area contributed by atoms with Crippen LogP contribution >= 0.6 is 0 Å². The summed E-state index contributed by atoms with van der Waals surface area (Å²) in [5.41, 5.74) is 4.53. The SMILES string of the molecule is NC(=O)NC(=O)Cn1ccc(C(=O)O)n1. The number of nitrogens with one attached hydrogen (secondary N) is 1. The van der Waals surface area contributed by atoms with Gasteiger partial charge in [0, 0.05) is 6.20 Å². The van der Waals surface area contributed by atoms with Crippen LogP contribution in [0.15, 0.2) is 12.3 Å². The molecule has 15 heavy (non-hydrogen) atoms. The van der Waals surface area contributed by atoms with E-state index >= 15 is 0 Å². The average Bonchev–Trinajstić information content (AvgIpc) is 2.50. The number of urea groups is 1. The first-order valence-electron chi connectivity index (χ1n) is 3.85. The second-order valence-corrected chi connectivity index (χ2v) is 2.62. The van der Waals surface area contributed by atoms with E-state index in [1.807, 2.05) is 5.32 Å². The molecule has 8 heteroatoms. The number of carbonyl (C=O) groups excluding carboxylic acids is 2. The number of carboxylic acids is 1. The smallest absolute Gasteiger partial charge is 0.356 e. The Kier molecular flexibility index (Phi) is 3.01. The fraction of sp³-hybridized carbons (Fsp3) is 0.143. The lowest BCUT2D eigenvalue weighted by molar-refractivity contribution is -0.120. The number of aromatic carboxylic acids is 1. The molecular weight excluding hydrogens is 204 g/mol. The first-order chi connectivity index (χ1) is 6.99. The van der Waals surface area contributed by atoms with Crippen molar-refractivity contribution in [2.45, 2.75) is 6.54 Å². The summed E-state index contributed by atoms with van der Waals surface area (Å²) in [6.45, 7) is -0.268. The third-order valence-corrected chi connectivity index (χ3v) is 1.43. The standard InChI is InChI=1S/C7H8N4O4/c8-7(15)9-5(12)3-11-2-1-4(10-11)6(13)14/h1-2H,3H2,(H,13,14)(H3,8,9,12,15). The van der Waals surface area contributed by atoms with E-state index in [1.54, 1.807) is 0 Å². The number of primary amides is 1. The van der Waals surface area contributed by atoms with Crippen molar-refractivity contribution in [2.75, 3.05) is 0 Å². The molecule has 4 N–H and O–H groups in total. The zero-order chi connectivity index (χ0) is 11.4. The summed E-state index contributed by atoms with van der Waals surface area (Å²) in [5.74, 6) is -1.86. The van der Waals surface area contributed by atoms with Crippen molar-refractivity contribution >= 4 is 17.9 Å². The van der Waals surface area contributed by atoms with Crippen LogP contribution in [0.4, 0.5) is 4.79 Å². The molecule has 0 aliphatic heterocycles. The molecule has 0 atom stereocenters. The van der Waals surface area contributed by atoms with E-state index < -0.39 is 17.9 Å². The molecule has 8 nitrogen and oxygen atoms in total. The normalized spacial score (nSPS) is 9.60. The first-order valence-corrected chi connectivity index (χ1v) is 3.85. The second kappa shape index (κ2) is 4.22. The number of hydrogen-bond donors (Lipinski definition) is 3. The van der Waals surface area contributed by atoms with Gasteiger partial charge in [0.15, 0.2) is 5.69 Å². The monoisotopic (exact) mass is 212 g/mol. The molecule has 0 radical (unpaired) electrons. The molecule has 0 aliphatic rings. The summed E-state index contributed by atoms with van der Waals surface area (Å²) in [7, 11) is 0. The molecule has 1 heterocycles. The maximum absolute atomic E-state index is 11.0. The Hall–Kier alpha value is -2.38. The molecule has 0 fully saturated rings. The third-order valence-electron chi connectivity index (χ3n) is 1.43. The van der Waals surface area contributed by atoms with E-state index in [0.717, 1.165) is 4.68 Å². The van der Waals surface area contributed by atoms with Gasteiger partial charge in [0.1, 0.15) is 6.54 Å². The van der Waals surface area contributed by atoms with E-state index in [0.29, 0.717) is 0 Å². The predicted octanol–water partition coefficient (Wildman–Crippen LogP) is -1.22. The number of amides is 3. The van der Waals surface area contributed by atoms with E-state index in [2.05, 4.69) is 5.10 Å². The Bertz CT molecular complexity index is 411. The van der Waals surface area contributed by atoms with E-state index in [9.17, 15) is 14.4 Å². The lowest BCUT2D eigenvalue weighted by Crippen LogP contribution is -2.37. The summed E-state index contributed by atoms with van der Waals surface area (Å²) < 4.78 is 1.09. The van der Waals surface area contributed by atoms with Gasteiger partial charge >= 0.3 is 12.0 Å². The van der Waals surface area contributed by atoms with E-state index in [-0.39, 0.29) is 12.2 Å². The molecule has 0 bridgehead atoms. The summed E-state index contributed by atoms with van der Waals surface area (Å²) in [6.07, 6.45) is 1.31. The summed E-state index contributed by atoms with van der Waals surface area (Å²) in [4.78, 5) is 31.7. The van der Waals surface area contributed by atoms with Gasteiger partial charge in [-0.05, 0) is 6.07 Å². The van der Waals surface area contributed by atoms with Gasteiger partial charge in [-0.15, -0.1) is 0 Å². The van der Waals surface area contributed by atoms with Crippen LogP contribution < -0.4 is 11.1 Å². The van der Waals surface area contributed by atoms with Crippen LogP contribution in [0.3, 0.4) is 0 Å². The quantitative estimate of drug-likeness (QED) is 0.578. The van der Waals surface area contributed by atoms with Crippen molar-refractivity contribution in [3.63, 3.8) is 0 Å². The molecule has 1 rings (SSSR count). The lowest BCUT2D eigenvalue weighted by Gasteiger charge is -2.00. The largest absolute Gasteiger partial charge is 0.476 e. The van der Waals surface area contributed by atoms with Crippen molar-refractivity contribution in [3.05, 3.63) is 18.0 Å². The molecule has 0 aliphatic carbocycles. The molecule has 80 valence electrons. The average molecular weight is 212 g/mol. The van der Waals surface area contributed by atoms with Gasteiger partial charge in [0.25, 0.3) is 0 Å². The molecule has 0 saturated carbocycles. The number of rotatable bonds is 3. The Balaban J connectivity index is 2.61. The summed E-state index contributed by atoms with van der Waals surface area (Å²) in [5, 5.41) is 13.9. The molecular formula is C7H8N4O4. The first kappa shape index (κ1) is 10.7. The molecule has 0 saturated heterocycles. The number of aromatic nitrogens is 2. The lowest BCUT2D eigenvalue weighted by atomic mass is 10.5. The zero-order valence-electron chi connectivity index (χ0n) is 7.51. The van der Waals surface area contributed by atoms with Gasteiger partial charge in [0.05, 0.1) is 0 Å². The van der Waals surface area contributed by atoms with E-state index in [1.165, 1.54) is 12.3 Å². The van der Waals surface area contributed by atoms with Gasteiger partial charge in [-0.2, -0.15) is 5.10 Å². The van der Waals surface area contributed by atoms with Crippen molar-refractivity contribution < 1.29 is 19.5 Å². The Morgan fingerprint density at radius 2 is 2.20 bits per heavy atom. The van der Waals surface area contributed by atoms with Crippen LogP contribution in [0.25, 0.3) is 0 Å². The van der Waals surface area contributed by atoms with Crippen molar-refractivity contribution in [2.24, 2.45) is 5.73 Å². The van der Waals surface area contributed by atoms with Gasteiger partial charge in [0.2, 0.25) is 5.91 Å². The highest BCUT2D eigenvalue weighted by Crippen LogP contribution is 1.94. The van der Waals surface area contributed by atoms with Crippen molar-refractivity contribution in [1.29, 1.82) is 0 Å². The van der Waals surface area contributed by atoms with Crippen LogP contribution in [-0.4, -0.2) is 32.8 Å². The van der Waals surface area contributed by atoms with Crippen molar-refractivity contribution in [3.8, 4) is 0 Å². The Labute approximate surface area is 83.7 Å². The highest BCUT2D eigenvalue weighted by molar-refractivity contribution is 5.93. The van der Waals surface area contributed by atoms with Crippen LogP contribution in [0.2, 0.25) is 0 Å². The molecule has 0 aromatic carbocycles. The van der Waals surface area contributed by atoms with E-state index in [4.69, 9.17) is 10.8 Å². The highest BCUT2D eigenvalue weighted by Gasteiger charge is 2.09. The zero-order valence-corrected chi connectivity index (χ0v) is 7.51. The highest BCUT2D eigenvalue weighted by atomic mass is 16.4. The third kappa shape index (κ3) is 3.10. The van der Waals surface area contributed by atoms with Crippen molar-refractivity contribution in [1.82, 2.24) is 15.1 Å². The number of carboxylic acid groups (broad SMARTS) is 1. The number of nitrogens with zero attached hydrogens (tertiary/aromatic N) is 2. The Morgan fingerprint density at radius 3 is 2.67 bits per heavy atom. The fourth-order valence-corrected chi connectivity index (χ4v) is 0.888. The summed E-state index contributed by atoms with van der Waals surface area (Å²) >= 11 is 0. The molecule has 1 aromatic rings. The molecule has 3 amide bonds. The number of hydrogen-bond acceptors (Lipinski definition) is 4. The van der Waals surface area contributed by atoms with Gasteiger partial charge in [-0.3, -0.25) is 14.8 Å². The van der Waals surface area contributed by atoms with Crippen LogP contribution in [-0.2, 0) is 11.3 Å². The minimum Gasteiger partial charge on any atom is -0.476 e. The van der Waals surface area contributed by atoms with Gasteiger partial charge < -0.3 is 10.8 Å². The maximum Gasteiger partial charge on any atom is 0.356 e. The summed E-state index contributed by atoms with van der Waals surface area (Å²) in [6, 6.07) is 0.269. The molecule has 0 spiro atoms. The second-order valence-electron chi connectivity index (χ2n) is 2.62. The minimum absolute atomic E-state index is 0.179. The van der Waals surface area contributed by atoms with Crippen LogP contribution in [0, 0.1) is 0 Å². The maximum atomic E-state index is 11.0. The van der Waals surface area contributed by atoms with Crippen LogP contribution in [0.1, 0.15) is 10.5 Å². The van der Waals surface area contributed by atoms with Crippen LogP contribution in [0.5, 0.6) is 0 Å². The number of carbonyl (C=O) groups is 3. The fourth-order valence-electron chi connectivity index (χ4n) is 0.888. The minimum atomic E-state index is -1.19. The molecule has 1 aromatic heterocycles. The van der Waals surface area contributed by atoms with Gasteiger partial charge in [-0.1, -0.05) is 0 Å². The Morgan fingerprint density at radius 1 is 1.53 bits per heavy atom.